The summed E-state index contributed by atoms with van der Waals surface area (Å²) in [5.41, 5.74) is 1.44. The van der Waals surface area contributed by atoms with E-state index in [9.17, 15) is 17.6 Å². The molecule has 1 spiro atoms. The molecule has 2 saturated carbocycles. The number of sulfonamides is 1. The molecule has 0 unspecified atom stereocenters. The molecule has 3 N–H and O–H groups in total. The van der Waals surface area contributed by atoms with E-state index in [1.54, 1.807) is 31.2 Å². The Kier molecular flexibility index (Phi) is 7.58. The molecule has 0 radical (unpaired) electrons. The first-order chi connectivity index (χ1) is 18.5. The van der Waals surface area contributed by atoms with Crippen molar-refractivity contribution in [2.45, 2.75) is 76.8 Å². The second-order valence-corrected chi connectivity index (χ2v) is 13.6. The lowest BCUT2D eigenvalue weighted by Gasteiger charge is -2.35. The Morgan fingerprint density at radius 1 is 1.10 bits per heavy atom. The van der Waals surface area contributed by atoms with E-state index in [0.717, 1.165) is 31.6 Å². The number of hydrogen-bond donors (Lipinski definition) is 3. The van der Waals surface area contributed by atoms with E-state index in [1.807, 2.05) is 6.92 Å². The Hall–Kier alpha value is -2.79. The second kappa shape index (κ2) is 10.6. The highest BCUT2D eigenvalue weighted by Crippen LogP contribution is 2.54. The van der Waals surface area contributed by atoms with E-state index in [-0.39, 0.29) is 11.8 Å². The molecule has 1 aromatic heterocycles. The number of nitrogens with one attached hydrogen (secondary N) is 2. The number of aromatic nitrogens is 2. The van der Waals surface area contributed by atoms with Crippen molar-refractivity contribution in [1.82, 2.24) is 9.97 Å². The van der Waals surface area contributed by atoms with Gasteiger partial charge < -0.3 is 15.3 Å². The smallest absolute Gasteiger partial charge is 0.258 e. The van der Waals surface area contributed by atoms with Crippen LogP contribution in [0.4, 0.5) is 21.6 Å². The summed E-state index contributed by atoms with van der Waals surface area (Å²) in [6, 6.07) is 6.60. The number of hydrogen-bond acceptors (Lipinski definition) is 7. The van der Waals surface area contributed by atoms with E-state index in [2.05, 4.69) is 24.9 Å². The molecule has 39 heavy (non-hydrogen) atoms. The van der Waals surface area contributed by atoms with Gasteiger partial charge in [0, 0.05) is 30.8 Å². The fraction of sp³-hybridized carbons (Fsp3) is 0.607. The normalized spacial score (nSPS) is 24.4. The van der Waals surface area contributed by atoms with Crippen molar-refractivity contribution in [3.8, 4) is 0 Å². The summed E-state index contributed by atoms with van der Waals surface area (Å²) in [7, 11) is -3.71. The van der Waals surface area contributed by atoms with Crippen molar-refractivity contribution >= 4 is 33.1 Å². The zero-order chi connectivity index (χ0) is 27.8. The van der Waals surface area contributed by atoms with Gasteiger partial charge in [0.1, 0.15) is 17.3 Å². The molecule has 0 bridgehead atoms. The Morgan fingerprint density at radius 2 is 1.79 bits per heavy atom. The molecule has 2 heterocycles. The molecule has 212 valence electrons. The van der Waals surface area contributed by atoms with Gasteiger partial charge in [-0.25, -0.2) is 22.8 Å². The highest BCUT2D eigenvalue weighted by Gasteiger charge is 2.44. The van der Waals surface area contributed by atoms with E-state index in [0.29, 0.717) is 59.7 Å². The van der Waals surface area contributed by atoms with Gasteiger partial charge in [-0.05, 0) is 88.8 Å². The van der Waals surface area contributed by atoms with Crippen LogP contribution in [0.5, 0.6) is 0 Å². The molecular formula is C28H38FN5O4S. The summed E-state index contributed by atoms with van der Waals surface area (Å²) in [5, 5.41) is 12.0. The van der Waals surface area contributed by atoms with Crippen molar-refractivity contribution in [1.29, 1.82) is 0 Å². The predicted molar refractivity (Wildman–Crippen MR) is 149 cm³/mol. The average Bonchev–Trinajstić information content (AvgIpc) is 3.62. The molecule has 1 saturated heterocycles. The highest BCUT2D eigenvalue weighted by atomic mass is 32.2. The molecule has 9 nitrogen and oxygen atoms in total. The largest absolute Gasteiger partial charge is 0.395 e. The first-order valence-corrected chi connectivity index (χ1v) is 15.5. The van der Waals surface area contributed by atoms with Crippen LogP contribution in [-0.4, -0.2) is 60.5 Å². The van der Waals surface area contributed by atoms with Crippen LogP contribution >= 0.6 is 0 Å². The average molecular weight is 560 g/mol. The van der Waals surface area contributed by atoms with Crippen molar-refractivity contribution in [3.05, 3.63) is 41.3 Å². The maximum atomic E-state index is 14.3. The van der Waals surface area contributed by atoms with Gasteiger partial charge in [0.25, 0.3) is 5.91 Å². The number of aryl methyl sites for hydroxylation is 1. The van der Waals surface area contributed by atoms with Crippen LogP contribution in [-0.2, 0) is 10.0 Å². The monoisotopic (exact) mass is 559 g/mol. The minimum absolute atomic E-state index is 0.0502. The Bertz CT molecular complexity index is 1330. The molecule has 5 rings (SSSR count). The zero-order valence-electron chi connectivity index (χ0n) is 22.7. The topological polar surface area (TPSA) is 125 Å². The fourth-order valence-corrected chi connectivity index (χ4v) is 6.63. The Morgan fingerprint density at radius 3 is 2.44 bits per heavy atom. The maximum Gasteiger partial charge on any atom is 0.258 e. The third-order valence-corrected chi connectivity index (χ3v) is 9.77. The summed E-state index contributed by atoms with van der Waals surface area (Å²) < 4.78 is 41.4. The molecule has 11 heteroatoms. The SMILES string of the molecule is Cc1cc(NC(=O)c2ccc(NS(=O)(=O)CCO)cc2N2CCC3(CC2)CC3)nc(C2CCC(C)(F)CC2)n1. The number of amides is 1. The number of carbonyl (C=O) groups is 1. The molecule has 3 fully saturated rings. The van der Waals surface area contributed by atoms with Crippen LogP contribution in [0.3, 0.4) is 0 Å². The summed E-state index contributed by atoms with van der Waals surface area (Å²) in [6.07, 6.45) is 6.84. The van der Waals surface area contributed by atoms with Crippen molar-refractivity contribution in [3.63, 3.8) is 0 Å². The zero-order valence-corrected chi connectivity index (χ0v) is 23.5. The third-order valence-electron chi connectivity index (χ3n) is 8.50. The van der Waals surface area contributed by atoms with Crippen LogP contribution in [0.2, 0.25) is 0 Å². The Labute approximate surface area is 229 Å². The minimum Gasteiger partial charge on any atom is -0.395 e. The number of aliphatic hydroxyl groups excluding tert-OH is 1. The predicted octanol–water partition coefficient (Wildman–Crippen LogP) is 4.54. The summed E-state index contributed by atoms with van der Waals surface area (Å²) in [6.45, 7) is 4.59. The lowest BCUT2D eigenvalue weighted by molar-refractivity contribution is 0.102. The van der Waals surface area contributed by atoms with Crippen LogP contribution in [0, 0.1) is 12.3 Å². The quantitative estimate of drug-likeness (QED) is 0.434. The third kappa shape index (κ3) is 6.69. The van der Waals surface area contributed by atoms with Gasteiger partial charge in [-0.15, -0.1) is 0 Å². The molecule has 2 aromatic rings. The highest BCUT2D eigenvalue weighted by molar-refractivity contribution is 7.92. The lowest BCUT2D eigenvalue weighted by Crippen LogP contribution is -2.35. The molecule has 1 amide bonds. The Balaban J connectivity index is 1.39. The second-order valence-electron chi connectivity index (χ2n) is 11.8. The van der Waals surface area contributed by atoms with Crippen molar-refractivity contribution in [2.24, 2.45) is 5.41 Å². The lowest BCUT2D eigenvalue weighted by atomic mass is 9.80. The molecule has 1 aromatic carbocycles. The van der Waals surface area contributed by atoms with Crippen LogP contribution in [0.1, 0.15) is 86.1 Å². The molecule has 0 atom stereocenters. The fourth-order valence-electron chi connectivity index (χ4n) is 5.80. The van der Waals surface area contributed by atoms with Crippen molar-refractivity contribution < 1.29 is 22.7 Å². The molecule has 3 aliphatic rings. The summed E-state index contributed by atoms with van der Waals surface area (Å²) in [4.78, 5) is 24.9. The number of alkyl halides is 1. The molecule has 2 aliphatic carbocycles. The van der Waals surface area contributed by atoms with Crippen LogP contribution in [0.15, 0.2) is 24.3 Å². The van der Waals surface area contributed by atoms with Gasteiger partial charge in [0.05, 0.1) is 29.3 Å². The van der Waals surface area contributed by atoms with Gasteiger partial charge in [0.2, 0.25) is 10.0 Å². The number of rotatable bonds is 8. The van der Waals surface area contributed by atoms with Crippen molar-refractivity contribution in [2.75, 3.05) is 40.4 Å². The maximum absolute atomic E-state index is 14.3. The number of piperidine rings is 1. The first-order valence-electron chi connectivity index (χ1n) is 13.8. The van der Waals surface area contributed by atoms with Gasteiger partial charge in [-0.1, -0.05) is 0 Å². The number of halogens is 1. The minimum atomic E-state index is -3.71. The summed E-state index contributed by atoms with van der Waals surface area (Å²) >= 11 is 0. The first kappa shape index (κ1) is 27.8. The van der Waals surface area contributed by atoms with Gasteiger partial charge in [-0.3, -0.25) is 9.52 Å². The number of nitrogens with zero attached hydrogens (tertiary/aromatic N) is 3. The number of carbonyl (C=O) groups excluding carboxylic acids is 1. The number of aliphatic hydroxyl groups is 1. The standard InChI is InChI=1S/C28H38FN5O4S/c1-19-17-24(31-25(30-19)20-5-7-27(2,29)8-6-20)32-26(36)22-4-3-21(33-39(37,38)16-15-35)18-23(22)34-13-11-28(9-10-28)12-14-34/h3-4,17-18,20,33,35H,5-16H2,1-2H3,(H,30,31,32,36). The van der Waals surface area contributed by atoms with Crippen LogP contribution < -0.4 is 14.9 Å². The molecule has 1 aliphatic heterocycles. The van der Waals surface area contributed by atoms with Gasteiger partial charge >= 0.3 is 0 Å². The van der Waals surface area contributed by atoms with Gasteiger partial charge in [0.15, 0.2) is 0 Å². The number of benzene rings is 1. The van der Waals surface area contributed by atoms with E-state index < -0.39 is 28.1 Å². The summed E-state index contributed by atoms with van der Waals surface area (Å²) in [5.74, 6) is 0.322. The molecular weight excluding hydrogens is 521 g/mol. The van der Waals surface area contributed by atoms with E-state index >= 15 is 0 Å². The van der Waals surface area contributed by atoms with E-state index in [4.69, 9.17) is 5.11 Å². The van der Waals surface area contributed by atoms with Crippen LogP contribution in [0.25, 0.3) is 0 Å². The van der Waals surface area contributed by atoms with Gasteiger partial charge in [-0.2, -0.15) is 0 Å². The van der Waals surface area contributed by atoms with E-state index in [1.165, 1.54) is 12.8 Å². The number of anilines is 3.